The molecule has 1 fully saturated rings. The van der Waals surface area contributed by atoms with Gasteiger partial charge in [0, 0.05) is 47.9 Å². The molecule has 2 atom stereocenters. The van der Waals surface area contributed by atoms with Gasteiger partial charge < -0.3 is 15.4 Å². The Morgan fingerprint density at radius 2 is 1.97 bits per heavy atom. The summed E-state index contributed by atoms with van der Waals surface area (Å²) in [4.78, 5) is 11.2. The number of aryl methyl sites for hydroxylation is 1. The fourth-order valence-electron chi connectivity index (χ4n) is 3.46. The summed E-state index contributed by atoms with van der Waals surface area (Å²) >= 11 is 3.72. The molecule has 2 N–H and O–H groups in total. The van der Waals surface area contributed by atoms with E-state index in [2.05, 4.69) is 64.0 Å². The van der Waals surface area contributed by atoms with E-state index in [9.17, 15) is 0 Å². The zero-order chi connectivity index (χ0) is 19.8. The van der Waals surface area contributed by atoms with Crippen LogP contribution in [0.25, 0.3) is 0 Å². The van der Waals surface area contributed by atoms with Crippen molar-refractivity contribution in [1.29, 1.82) is 0 Å². The summed E-state index contributed by atoms with van der Waals surface area (Å²) in [6.45, 7) is 9.80. The Hall–Kier alpha value is -0.680. The Balaban J connectivity index is 0.00000300. The number of guanidine groups is 1. The van der Waals surface area contributed by atoms with E-state index in [1.807, 2.05) is 29.7 Å². The molecule has 0 amide bonds. The molecule has 2 unspecified atom stereocenters. The maximum Gasteiger partial charge on any atom is 0.191 e. The fraction of sp³-hybridized carbons (Fsp3) is 0.571. The number of rotatable bonds is 8. The van der Waals surface area contributed by atoms with Crippen molar-refractivity contribution >= 4 is 52.6 Å². The molecule has 2 aromatic heterocycles. The van der Waals surface area contributed by atoms with Gasteiger partial charge in [0.25, 0.3) is 0 Å². The van der Waals surface area contributed by atoms with E-state index in [0.29, 0.717) is 12.0 Å². The van der Waals surface area contributed by atoms with E-state index in [0.717, 1.165) is 51.8 Å². The number of morpholine rings is 1. The topological polar surface area (TPSA) is 48.9 Å². The van der Waals surface area contributed by atoms with Crippen LogP contribution in [0.2, 0.25) is 0 Å². The molecule has 0 bridgehead atoms. The number of hydrogen-bond acceptors (Lipinski definition) is 5. The maximum absolute atomic E-state index is 5.55. The van der Waals surface area contributed by atoms with Crippen LogP contribution in [0.1, 0.15) is 27.6 Å². The molecule has 8 heteroatoms. The number of nitrogens with zero attached hydrogens (tertiary/aromatic N) is 2. The summed E-state index contributed by atoms with van der Waals surface area (Å²) < 4.78 is 5.55. The van der Waals surface area contributed by atoms with Crippen molar-refractivity contribution in [2.24, 2.45) is 10.9 Å². The molecule has 3 rings (SSSR count). The predicted octanol–water partition coefficient (Wildman–Crippen LogP) is 4.15. The first-order valence-electron chi connectivity index (χ1n) is 10.0. The van der Waals surface area contributed by atoms with Crippen molar-refractivity contribution < 1.29 is 4.74 Å². The second-order valence-corrected chi connectivity index (χ2v) is 9.69. The lowest BCUT2D eigenvalue weighted by Crippen LogP contribution is -2.46. The molecule has 3 heterocycles. The third-order valence-corrected chi connectivity index (χ3v) is 7.01. The summed E-state index contributed by atoms with van der Waals surface area (Å²) in [5.74, 6) is 1.44. The maximum atomic E-state index is 5.55. The number of halogens is 1. The predicted molar refractivity (Wildman–Crippen MR) is 136 cm³/mol. The Morgan fingerprint density at radius 1 is 1.21 bits per heavy atom. The number of nitrogens with one attached hydrogen (secondary N) is 2. The van der Waals surface area contributed by atoms with Crippen molar-refractivity contribution in [3.8, 4) is 0 Å². The van der Waals surface area contributed by atoms with Crippen molar-refractivity contribution in [1.82, 2.24) is 15.5 Å². The fourth-order valence-corrected chi connectivity index (χ4v) is 5.34. The van der Waals surface area contributed by atoms with Crippen LogP contribution in [0.5, 0.6) is 0 Å². The minimum atomic E-state index is 0. The number of hydrogen-bond donors (Lipinski definition) is 2. The van der Waals surface area contributed by atoms with Gasteiger partial charge in [-0.3, -0.25) is 9.89 Å². The third kappa shape index (κ3) is 7.82. The van der Waals surface area contributed by atoms with Crippen LogP contribution in [0.15, 0.2) is 34.6 Å². The van der Waals surface area contributed by atoms with Gasteiger partial charge in [-0.2, -0.15) is 0 Å². The smallest absolute Gasteiger partial charge is 0.191 e. The van der Waals surface area contributed by atoms with E-state index in [4.69, 9.17) is 4.74 Å². The van der Waals surface area contributed by atoms with Gasteiger partial charge in [0.1, 0.15) is 0 Å². The molecule has 1 aliphatic heterocycles. The summed E-state index contributed by atoms with van der Waals surface area (Å²) in [6, 6.07) is 9.17. The van der Waals surface area contributed by atoms with Crippen LogP contribution in [0.4, 0.5) is 0 Å². The van der Waals surface area contributed by atoms with Gasteiger partial charge >= 0.3 is 0 Å². The Morgan fingerprint density at radius 3 is 2.59 bits per heavy atom. The lowest BCUT2D eigenvalue weighted by Gasteiger charge is -2.34. The van der Waals surface area contributed by atoms with Crippen LogP contribution in [-0.4, -0.2) is 57.3 Å². The van der Waals surface area contributed by atoms with Crippen molar-refractivity contribution in [3.05, 3.63) is 44.3 Å². The zero-order valence-electron chi connectivity index (χ0n) is 17.5. The quantitative estimate of drug-likeness (QED) is 0.296. The number of thiophene rings is 2. The van der Waals surface area contributed by atoms with Gasteiger partial charge in [-0.1, -0.05) is 13.0 Å². The van der Waals surface area contributed by atoms with E-state index in [1.54, 1.807) is 0 Å². The molecule has 0 aliphatic carbocycles. The number of aliphatic imine (C=N–C) groups is 1. The van der Waals surface area contributed by atoms with Crippen molar-refractivity contribution in [2.45, 2.75) is 26.3 Å². The Kier molecular flexibility index (Phi) is 10.9. The molecule has 0 spiro atoms. The highest BCUT2D eigenvalue weighted by atomic mass is 127. The van der Waals surface area contributed by atoms with Crippen molar-refractivity contribution in [3.63, 3.8) is 0 Å². The Labute approximate surface area is 200 Å². The summed E-state index contributed by atoms with van der Waals surface area (Å²) in [6.07, 6.45) is 1.10. The highest BCUT2D eigenvalue weighted by Gasteiger charge is 2.24. The molecule has 2 aromatic rings. The molecule has 1 saturated heterocycles. The number of ether oxygens (including phenoxy) is 1. The molecule has 5 nitrogen and oxygen atoms in total. The van der Waals surface area contributed by atoms with Gasteiger partial charge in [-0.25, -0.2) is 0 Å². The molecular weight excluding hydrogens is 515 g/mol. The SMILES string of the molecule is CN=C(NCC(C)Cc1cccs1)NCC(c1ccc(C)s1)N1CCOCC1.I. The van der Waals surface area contributed by atoms with Crippen LogP contribution in [-0.2, 0) is 11.2 Å². The lowest BCUT2D eigenvalue weighted by atomic mass is 10.1. The Bertz CT molecular complexity index is 729. The monoisotopic (exact) mass is 548 g/mol. The van der Waals surface area contributed by atoms with Crippen LogP contribution < -0.4 is 10.6 Å². The van der Waals surface area contributed by atoms with E-state index in [1.165, 1.54) is 14.6 Å². The summed E-state index contributed by atoms with van der Waals surface area (Å²) in [7, 11) is 1.85. The lowest BCUT2D eigenvalue weighted by molar-refractivity contribution is 0.0177. The molecule has 162 valence electrons. The first-order chi connectivity index (χ1) is 13.7. The standard InChI is InChI=1S/C21H32N4OS2.HI/c1-16(13-18-5-4-12-27-18)14-23-21(22-3)24-15-19(20-7-6-17(2)28-20)25-8-10-26-11-9-25;/h4-7,12,16,19H,8-11,13-15H2,1-3H3,(H2,22,23,24);1H. The zero-order valence-corrected chi connectivity index (χ0v) is 21.5. The van der Waals surface area contributed by atoms with Gasteiger partial charge in [0.2, 0.25) is 0 Å². The minimum absolute atomic E-state index is 0. The van der Waals surface area contributed by atoms with Gasteiger partial charge in [0.05, 0.1) is 19.3 Å². The van der Waals surface area contributed by atoms with Crippen LogP contribution in [0, 0.1) is 12.8 Å². The highest BCUT2D eigenvalue weighted by molar-refractivity contribution is 14.0. The molecule has 1 aliphatic rings. The van der Waals surface area contributed by atoms with Gasteiger partial charge in [-0.15, -0.1) is 46.7 Å². The first kappa shape index (κ1) is 24.6. The average Bonchev–Trinajstić information content (AvgIpc) is 3.37. The van der Waals surface area contributed by atoms with E-state index >= 15 is 0 Å². The van der Waals surface area contributed by atoms with E-state index in [-0.39, 0.29) is 24.0 Å². The third-order valence-electron chi connectivity index (χ3n) is 5.01. The minimum Gasteiger partial charge on any atom is -0.379 e. The van der Waals surface area contributed by atoms with Crippen molar-refractivity contribution in [2.75, 3.05) is 46.4 Å². The molecule has 29 heavy (non-hydrogen) atoms. The summed E-state index contributed by atoms with van der Waals surface area (Å²) in [5, 5.41) is 9.20. The summed E-state index contributed by atoms with van der Waals surface area (Å²) in [5.41, 5.74) is 0. The molecular formula is C21H33IN4OS2. The van der Waals surface area contributed by atoms with Gasteiger partial charge in [-0.05, 0) is 42.8 Å². The average molecular weight is 549 g/mol. The largest absolute Gasteiger partial charge is 0.379 e. The second-order valence-electron chi connectivity index (χ2n) is 7.34. The van der Waals surface area contributed by atoms with Crippen LogP contribution in [0.3, 0.4) is 0 Å². The molecule has 0 radical (unpaired) electrons. The highest BCUT2D eigenvalue weighted by Crippen LogP contribution is 2.27. The molecule has 0 saturated carbocycles. The normalized spacial score (nSPS) is 17.4. The van der Waals surface area contributed by atoms with Crippen LogP contribution >= 0.6 is 46.7 Å². The van der Waals surface area contributed by atoms with Gasteiger partial charge in [0.15, 0.2) is 5.96 Å². The van der Waals surface area contributed by atoms with E-state index < -0.39 is 0 Å². The first-order valence-corrected chi connectivity index (χ1v) is 11.7. The second kappa shape index (κ2) is 12.9. The molecule has 0 aromatic carbocycles.